The van der Waals surface area contributed by atoms with Gasteiger partial charge in [0.15, 0.2) is 0 Å². The highest BCUT2D eigenvalue weighted by atomic mass is 16.6. The van der Waals surface area contributed by atoms with Gasteiger partial charge in [-0.05, 0) is 6.92 Å². The molecule has 0 saturated carbocycles. The molecule has 0 amide bonds. The lowest BCUT2D eigenvalue weighted by molar-refractivity contribution is -0.383. The molecule has 1 unspecified atom stereocenters. The Morgan fingerprint density at radius 2 is 2.15 bits per heavy atom. The van der Waals surface area contributed by atoms with Crippen LogP contribution in [-0.4, -0.2) is 53.9 Å². The summed E-state index contributed by atoms with van der Waals surface area (Å²) in [5, 5.41) is 16.9. The number of nitrogens with one attached hydrogen (secondary N) is 2. The average molecular weight is 283 g/mol. The fourth-order valence-corrected chi connectivity index (χ4v) is 1.84. The van der Waals surface area contributed by atoms with E-state index < -0.39 is 4.92 Å². The first-order chi connectivity index (χ1) is 9.72. The van der Waals surface area contributed by atoms with Crippen LogP contribution in [0, 0.1) is 10.1 Å². The van der Waals surface area contributed by atoms with Gasteiger partial charge in [0.05, 0.1) is 30.8 Å². The Morgan fingerprint density at radius 3 is 2.75 bits per heavy atom. The molecular formula is C11H17N5O4. The fourth-order valence-electron chi connectivity index (χ4n) is 1.84. The zero-order valence-electron chi connectivity index (χ0n) is 11.2. The predicted octanol–water partition coefficient (Wildman–Crippen LogP) is 0.644. The smallest absolute Gasteiger partial charge is 0.353 e. The number of hydrogen-bond donors (Lipinski definition) is 2. The Kier molecular flexibility index (Phi) is 5.02. The van der Waals surface area contributed by atoms with Gasteiger partial charge < -0.3 is 20.1 Å². The van der Waals surface area contributed by atoms with Gasteiger partial charge in [-0.15, -0.1) is 0 Å². The first-order valence-corrected chi connectivity index (χ1v) is 6.38. The van der Waals surface area contributed by atoms with Gasteiger partial charge in [0.25, 0.3) is 0 Å². The molecule has 1 atom stereocenters. The van der Waals surface area contributed by atoms with Crippen molar-refractivity contribution in [2.45, 2.75) is 13.0 Å². The number of nitrogens with zero attached hydrogens (tertiary/aromatic N) is 3. The summed E-state index contributed by atoms with van der Waals surface area (Å²) in [4.78, 5) is 18.5. The first-order valence-electron chi connectivity index (χ1n) is 6.38. The second-order valence-electron chi connectivity index (χ2n) is 4.16. The van der Waals surface area contributed by atoms with Crippen LogP contribution in [0.2, 0.25) is 0 Å². The van der Waals surface area contributed by atoms with E-state index in [-0.39, 0.29) is 23.4 Å². The van der Waals surface area contributed by atoms with Gasteiger partial charge in [0.1, 0.15) is 6.33 Å². The summed E-state index contributed by atoms with van der Waals surface area (Å²) in [5.41, 5.74) is -0.161. The Morgan fingerprint density at radius 1 is 1.40 bits per heavy atom. The third-order valence-corrected chi connectivity index (χ3v) is 2.73. The van der Waals surface area contributed by atoms with Crippen molar-refractivity contribution < 1.29 is 14.4 Å². The first kappa shape index (κ1) is 14.4. The Labute approximate surface area is 115 Å². The summed E-state index contributed by atoms with van der Waals surface area (Å²) in [6, 6.07) is 0. The number of anilines is 2. The zero-order valence-corrected chi connectivity index (χ0v) is 11.2. The molecule has 1 aliphatic heterocycles. The fraction of sp³-hybridized carbons (Fsp3) is 0.636. The Hall–Kier alpha value is -2.00. The molecule has 0 bridgehead atoms. The molecule has 1 aliphatic rings. The molecule has 1 aromatic heterocycles. The molecule has 1 fully saturated rings. The Balaban J connectivity index is 2.09. The van der Waals surface area contributed by atoms with Crippen LogP contribution in [0.4, 0.5) is 17.3 Å². The van der Waals surface area contributed by atoms with Crippen LogP contribution in [0.25, 0.3) is 0 Å². The largest absolute Gasteiger partial charge is 0.376 e. The third-order valence-electron chi connectivity index (χ3n) is 2.73. The minimum absolute atomic E-state index is 0.138. The number of ether oxygens (including phenoxy) is 2. The van der Waals surface area contributed by atoms with Gasteiger partial charge in [0, 0.05) is 13.1 Å². The normalized spacial score (nSPS) is 18.6. The highest BCUT2D eigenvalue weighted by Gasteiger charge is 2.23. The lowest BCUT2D eigenvalue weighted by Gasteiger charge is -2.23. The van der Waals surface area contributed by atoms with Crippen molar-refractivity contribution in [3.05, 3.63) is 16.4 Å². The maximum Gasteiger partial charge on any atom is 0.353 e. The van der Waals surface area contributed by atoms with Crippen LogP contribution in [-0.2, 0) is 9.47 Å². The summed E-state index contributed by atoms with van der Waals surface area (Å²) in [7, 11) is 0. The summed E-state index contributed by atoms with van der Waals surface area (Å²) in [6.45, 7) is 4.34. The van der Waals surface area contributed by atoms with Gasteiger partial charge >= 0.3 is 5.69 Å². The quantitative estimate of drug-likeness (QED) is 0.578. The van der Waals surface area contributed by atoms with Crippen molar-refractivity contribution in [1.82, 2.24) is 9.97 Å². The van der Waals surface area contributed by atoms with E-state index >= 15 is 0 Å². The molecule has 1 aromatic rings. The van der Waals surface area contributed by atoms with E-state index in [0.29, 0.717) is 32.9 Å². The lowest BCUT2D eigenvalue weighted by atomic mass is 10.3. The van der Waals surface area contributed by atoms with E-state index in [1.165, 1.54) is 6.33 Å². The van der Waals surface area contributed by atoms with Crippen LogP contribution in [0.15, 0.2) is 6.33 Å². The Bertz CT molecular complexity index is 464. The number of nitro groups is 1. The van der Waals surface area contributed by atoms with E-state index in [4.69, 9.17) is 9.47 Å². The van der Waals surface area contributed by atoms with Gasteiger partial charge in [0.2, 0.25) is 11.6 Å². The van der Waals surface area contributed by atoms with Crippen molar-refractivity contribution in [2.75, 3.05) is 43.5 Å². The summed E-state index contributed by atoms with van der Waals surface area (Å²) < 4.78 is 10.7. The van der Waals surface area contributed by atoms with Crippen molar-refractivity contribution >= 4 is 17.3 Å². The molecule has 2 N–H and O–H groups in total. The van der Waals surface area contributed by atoms with Crippen LogP contribution >= 0.6 is 0 Å². The van der Waals surface area contributed by atoms with Crippen LogP contribution in [0.5, 0.6) is 0 Å². The maximum absolute atomic E-state index is 11.2. The number of hydrogen-bond acceptors (Lipinski definition) is 8. The van der Waals surface area contributed by atoms with Gasteiger partial charge in [-0.2, -0.15) is 0 Å². The SMILES string of the molecule is CCNc1ncnc(NCC2COCCO2)c1[N+](=O)[O-]. The second kappa shape index (κ2) is 6.96. The van der Waals surface area contributed by atoms with Crippen molar-refractivity contribution in [3.63, 3.8) is 0 Å². The molecule has 110 valence electrons. The topological polar surface area (TPSA) is 111 Å². The van der Waals surface area contributed by atoms with E-state index in [1.54, 1.807) is 0 Å². The minimum Gasteiger partial charge on any atom is -0.376 e. The summed E-state index contributed by atoms with van der Waals surface area (Å²) in [6.07, 6.45) is 1.15. The number of aromatic nitrogens is 2. The molecule has 2 heterocycles. The van der Waals surface area contributed by atoms with E-state index in [0.717, 1.165) is 0 Å². The molecule has 2 rings (SSSR count). The molecule has 0 aliphatic carbocycles. The summed E-state index contributed by atoms with van der Waals surface area (Å²) >= 11 is 0. The predicted molar refractivity (Wildman–Crippen MR) is 71.9 cm³/mol. The second-order valence-corrected chi connectivity index (χ2v) is 4.16. The van der Waals surface area contributed by atoms with Crippen LogP contribution in [0.3, 0.4) is 0 Å². The molecule has 0 aromatic carbocycles. The average Bonchev–Trinajstić information content (AvgIpc) is 2.46. The highest BCUT2D eigenvalue weighted by molar-refractivity contribution is 5.69. The molecule has 0 spiro atoms. The van der Waals surface area contributed by atoms with Crippen LogP contribution in [0.1, 0.15) is 6.92 Å². The van der Waals surface area contributed by atoms with Gasteiger partial charge in [-0.25, -0.2) is 9.97 Å². The van der Waals surface area contributed by atoms with E-state index in [9.17, 15) is 10.1 Å². The highest BCUT2D eigenvalue weighted by Crippen LogP contribution is 2.28. The molecule has 9 nitrogen and oxygen atoms in total. The standard InChI is InChI=1S/C11H17N5O4/c1-2-12-10-9(16(17)18)11(15-7-14-10)13-5-8-6-19-3-4-20-8/h7-8H,2-6H2,1H3,(H2,12,13,14,15). The molecule has 1 saturated heterocycles. The van der Waals surface area contributed by atoms with Gasteiger partial charge in [-0.1, -0.05) is 0 Å². The van der Waals surface area contributed by atoms with E-state index in [1.807, 2.05) is 6.92 Å². The van der Waals surface area contributed by atoms with Gasteiger partial charge in [-0.3, -0.25) is 10.1 Å². The monoisotopic (exact) mass is 283 g/mol. The zero-order chi connectivity index (χ0) is 14.4. The third kappa shape index (κ3) is 3.52. The lowest BCUT2D eigenvalue weighted by Crippen LogP contribution is -2.34. The van der Waals surface area contributed by atoms with Crippen molar-refractivity contribution in [1.29, 1.82) is 0 Å². The van der Waals surface area contributed by atoms with Crippen molar-refractivity contribution in [2.24, 2.45) is 0 Å². The van der Waals surface area contributed by atoms with Crippen LogP contribution < -0.4 is 10.6 Å². The van der Waals surface area contributed by atoms with Crippen molar-refractivity contribution in [3.8, 4) is 0 Å². The molecular weight excluding hydrogens is 266 g/mol. The molecule has 20 heavy (non-hydrogen) atoms. The summed E-state index contributed by atoms with van der Waals surface area (Å²) in [5.74, 6) is 0.380. The van der Waals surface area contributed by atoms with E-state index in [2.05, 4.69) is 20.6 Å². The molecule has 9 heteroatoms. The minimum atomic E-state index is -0.501. The number of rotatable bonds is 6. The maximum atomic E-state index is 11.2. The molecule has 0 radical (unpaired) electrons.